The minimum atomic E-state index is 0.0342. The van der Waals surface area contributed by atoms with Crippen molar-refractivity contribution in [1.82, 2.24) is 10.5 Å². The lowest BCUT2D eigenvalue weighted by Crippen LogP contribution is -2.35. The third-order valence-corrected chi connectivity index (χ3v) is 3.20. The summed E-state index contributed by atoms with van der Waals surface area (Å²) in [6.45, 7) is 7.21. The van der Waals surface area contributed by atoms with Crippen LogP contribution in [0.3, 0.4) is 0 Å². The molecule has 0 radical (unpaired) electrons. The minimum absolute atomic E-state index is 0.0342. The largest absolute Gasteiger partial charge is 0.484 e. The van der Waals surface area contributed by atoms with E-state index in [0.717, 1.165) is 5.69 Å². The normalized spacial score (nSPS) is 11.7. The molecule has 1 heterocycles. The first kappa shape index (κ1) is 16.1. The Kier molecular flexibility index (Phi) is 5.14. The highest BCUT2D eigenvalue weighted by Crippen LogP contribution is 2.28. The average molecular weight is 329 g/mol. The molecule has 4 nitrogen and oxygen atoms in total. The highest BCUT2D eigenvalue weighted by molar-refractivity contribution is 6.35. The molecule has 2 aromatic rings. The summed E-state index contributed by atoms with van der Waals surface area (Å²) in [5.74, 6) is 1.21. The quantitative estimate of drug-likeness (QED) is 0.880. The van der Waals surface area contributed by atoms with Crippen molar-refractivity contribution in [3.8, 4) is 5.75 Å². The number of aromatic nitrogens is 1. The summed E-state index contributed by atoms with van der Waals surface area (Å²) in [5, 5.41) is 8.38. The number of nitrogens with one attached hydrogen (secondary N) is 1. The number of rotatable bonds is 5. The van der Waals surface area contributed by atoms with Crippen LogP contribution in [-0.4, -0.2) is 10.7 Å². The summed E-state index contributed by atoms with van der Waals surface area (Å²) >= 11 is 11.9. The maximum absolute atomic E-state index is 6.04. The molecule has 6 heteroatoms. The molecule has 0 aliphatic heterocycles. The van der Waals surface area contributed by atoms with E-state index < -0.39 is 0 Å². The summed E-state index contributed by atoms with van der Waals surface area (Å²) in [6.07, 6.45) is 0. The Morgan fingerprint density at radius 2 is 2.00 bits per heavy atom. The smallest absolute Gasteiger partial charge is 0.174 e. The van der Waals surface area contributed by atoms with Crippen molar-refractivity contribution in [2.24, 2.45) is 0 Å². The summed E-state index contributed by atoms with van der Waals surface area (Å²) < 4.78 is 10.8. The zero-order valence-corrected chi connectivity index (χ0v) is 13.8. The highest BCUT2D eigenvalue weighted by atomic mass is 35.5. The maximum atomic E-state index is 6.04. The van der Waals surface area contributed by atoms with Crippen LogP contribution in [0.1, 0.15) is 32.2 Å². The number of halogens is 2. The SMILES string of the molecule is CC(C)(C)NCc1cc(COc2ccc(Cl)cc2Cl)on1. The lowest BCUT2D eigenvalue weighted by atomic mass is 10.1. The van der Waals surface area contributed by atoms with E-state index in [4.69, 9.17) is 32.5 Å². The van der Waals surface area contributed by atoms with Crippen molar-refractivity contribution in [2.75, 3.05) is 0 Å². The molecule has 21 heavy (non-hydrogen) atoms. The molecule has 0 amide bonds. The van der Waals surface area contributed by atoms with E-state index in [0.29, 0.717) is 28.1 Å². The van der Waals surface area contributed by atoms with E-state index >= 15 is 0 Å². The molecule has 114 valence electrons. The Morgan fingerprint density at radius 3 is 2.67 bits per heavy atom. The van der Waals surface area contributed by atoms with Crippen molar-refractivity contribution >= 4 is 23.2 Å². The van der Waals surface area contributed by atoms with Gasteiger partial charge in [-0.15, -0.1) is 0 Å². The lowest BCUT2D eigenvalue weighted by Gasteiger charge is -2.19. The van der Waals surface area contributed by atoms with Gasteiger partial charge in [-0.05, 0) is 39.0 Å². The topological polar surface area (TPSA) is 47.3 Å². The first-order valence-corrected chi connectivity index (χ1v) is 7.36. The summed E-state index contributed by atoms with van der Waals surface area (Å²) in [4.78, 5) is 0. The Labute approximate surface area is 134 Å². The van der Waals surface area contributed by atoms with Crippen molar-refractivity contribution in [3.05, 3.63) is 45.8 Å². The monoisotopic (exact) mass is 328 g/mol. The number of nitrogens with zero attached hydrogens (tertiary/aromatic N) is 1. The van der Waals surface area contributed by atoms with Crippen LogP contribution in [0.25, 0.3) is 0 Å². The second kappa shape index (κ2) is 6.69. The van der Waals surface area contributed by atoms with Gasteiger partial charge >= 0.3 is 0 Å². The van der Waals surface area contributed by atoms with Crippen LogP contribution in [0, 0.1) is 0 Å². The first-order valence-electron chi connectivity index (χ1n) is 6.61. The van der Waals surface area contributed by atoms with Gasteiger partial charge in [0.2, 0.25) is 0 Å². The molecule has 0 unspecified atom stereocenters. The van der Waals surface area contributed by atoms with Crippen molar-refractivity contribution < 1.29 is 9.26 Å². The molecular formula is C15H18Cl2N2O2. The maximum Gasteiger partial charge on any atom is 0.174 e. The number of hydrogen-bond acceptors (Lipinski definition) is 4. The van der Waals surface area contributed by atoms with E-state index in [-0.39, 0.29) is 12.1 Å². The minimum Gasteiger partial charge on any atom is -0.484 e. The molecule has 0 aliphatic carbocycles. The number of benzene rings is 1. The van der Waals surface area contributed by atoms with E-state index in [2.05, 4.69) is 31.2 Å². The van der Waals surface area contributed by atoms with Crippen LogP contribution in [0.5, 0.6) is 5.75 Å². The molecule has 0 atom stereocenters. The third-order valence-electron chi connectivity index (χ3n) is 2.67. The summed E-state index contributed by atoms with van der Waals surface area (Å²) in [6, 6.07) is 6.95. The fourth-order valence-electron chi connectivity index (χ4n) is 1.60. The Balaban J connectivity index is 1.90. The van der Waals surface area contributed by atoms with Crippen LogP contribution in [0.2, 0.25) is 10.0 Å². The molecule has 1 aromatic heterocycles. The third kappa shape index (κ3) is 5.23. The van der Waals surface area contributed by atoms with Crippen LogP contribution >= 0.6 is 23.2 Å². The van der Waals surface area contributed by atoms with Gasteiger partial charge in [0.1, 0.15) is 12.4 Å². The van der Waals surface area contributed by atoms with Gasteiger partial charge in [0.15, 0.2) is 5.76 Å². The molecule has 0 saturated carbocycles. The van der Waals surface area contributed by atoms with Gasteiger partial charge in [-0.25, -0.2) is 0 Å². The molecule has 0 spiro atoms. The summed E-state index contributed by atoms with van der Waals surface area (Å²) in [5.41, 5.74) is 0.873. The van der Waals surface area contributed by atoms with Gasteiger partial charge in [-0.3, -0.25) is 0 Å². The van der Waals surface area contributed by atoms with Crippen molar-refractivity contribution in [2.45, 2.75) is 39.5 Å². The second-order valence-corrected chi connectivity index (χ2v) is 6.60. The van der Waals surface area contributed by atoms with Gasteiger partial charge in [-0.2, -0.15) is 0 Å². The standard InChI is InChI=1S/C15H18Cl2N2O2/c1-15(2,3)18-8-11-7-12(21-19-11)9-20-14-5-4-10(16)6-13(14)17/h4-7,18H,8-9H2,1-3H3. The van der Waals surface area contributed by atoms with Crippen LogP contribution in [-0.2, 0) is 13.2 Å². The molecule has 0 saturated heterocycles. The Bertz CT molecular complexity index is 606. The molecule has 1 N–H and O–H groups in total. The van der Waals surface area contributed by atoms with E-state index in [9.17, 15) is 0 Å². The Morgan fingerprint density at radius 1 is 1.24 bits per heavy atom. The second-order valence-electron chi connectivity index (χ2n) is 5.75. The van der Waals surface area contributed by atoms with E-state index in [1.165, 1.54) is 0 Å². The lowest BCUT2D eigenvalue weighted by molar-refractivity contribution is 0.248. The fraction of sp³-hybridized carbons (Fsp3) is 0.400. The van der Waals surface area contributed by atoms with Crippen LogP contribution < -0.4 is 10.1 Å². The van der Waals surface area contributed by atoms with Gasteiger partial charge in [-0.1, -0.05) is 28.4 Å². The Hall–Kier alpha value is -1.23. The zero-order valence-electron chi connectivity index (χ0n) is 12.2. The van der Waals surface area contributed by atoms with Crippen molar-refractivity contribution in [3.63, 3.8) is 0 Å². The van der Waals surface area contributed by atoms with Gasteiger partial charge in [0, 0.05) is 23.2 Å². The predicted molar refractivity (Wildman–Crippen MR) is 83.9 cm³/mol. The van der Waals surface area contributed by atoms with Crippen LogP contribution in [0.4, 0.5) is 0 Å². The number of hydrogen-bond donors (Lipinski definition) is 1. The first-order chi connectivity index (χ1) is 9.83. The molecule has 0 fully saturated rings. The fourth-order valence-corrected chi connectivity index (χ4v) is 2.07. The predicted octanol–water partition coefficient (Wildman–Crippen LogP) is 4.45. The van der Waals surface area contributed by atoms with Crippen LogP contribution in [0.15, 0.2) is 28.8 Å². The van der Waals surface area contributed by atoms with Gasteiger partial charge < -0.3 is 14.6 Å². The molecule has 1 aromatic carbocycles. The molecule has 0 bridgehead atoms. The average Bonchev–Trinajstić information content (AvgIpc) is 2.82. The molecular weight excluding hydrogens is 311 g/mol. The summed E-state index contributed by atoms with van der Waals surface area (Å²) in [7, 11) is 0. The number of ether oxygens (including phenoxy) is 1. The zero-order chi connectivity index (χ0) is 15.5. The molecule has 0 aliphatic rings. The van der Waals surface area contributed by atoms with Crippen molar-refractivity contribution in [1.29, 1.82) is 0 Å². The molecule has 2 rings (SSSR count). The van der Waals surface area contributed by atoms with Gasteiger partial charge in [0.05, 0.1) is 10.7 Å². The van der Waals surface area contributed by atoms with E-state index in [1.807, 2.05) is 6.07 Å². The van der Waals surface area contributed by atoms with E-state index in [1.54, 1.807) is 18.2 Å². The highest BCUT2D eigenvalue weighted by Gasteiger charge is 2.11. The van der Waals surface area contributed by atoms with Gasteiger partial charge in [0.25, 0.3) is 0 Å².